The lowest BCUT2D eigenvalue weighted by Crippen LogP contribution is -2.53. The zero-order valence-corrected chi connectivity index (χ0v) is 12.3. The van der Waals surface area contributed by atoms with E-state index >= 15 is 0 Å². The quantitative estimate of drug-likeness (QED) is 0.908. The summed E-state index contributed by atoms with van der Waals surface area (Å²) < 4.78 is 10.5. The van der Waals surface area contributed by atoms with Gasteiger partial charge in [0.25, 0.3) is 5.91 Å². The summed E-state index contributed by atoms with van der Waals surface area (Å²) in [6.07, 6.45) is 0. The first-order valence-electron chi connectivity index (χ1n) is 6.48. The van der Waals surface area contributed by atoms with Gasteiger partial charge in [-0.25, -0.2) is 4.79 Å². The van der Waals surface area contributed by atoms with E-state index in [1.165, 1.54) is 4.90 Å². The van der Waals surface area contributed by atoms with Crippen LogP contribution in [0.2, 0.25) is 5.02 Å². The number of halogens is 1. The molecule has 1 aromatic rings. The number of nitrogens with zero attached hydrogens (tertiary/aromatic N) is 1. The molecule has 0 radical (unpaired) electrons. The number of hydrogen-bond acceptors (Lipinski definition) is 4. The standard InChI is InChI=1S/C14H16ClNO5/c1-9-6-10(2-3-11(9)15)21-8-13(17)16-4-5-20-7-12(16)14(18)19/h2-3,6,12H,4-5,7-8H2,1H3,(H,18,19)/t12-/m0/s1. The smallest absolute Gasteiger partial charge is 0.328 e. The molecule has 0 bridgehead atoms. The Morgan fingerprint density at radius 3 is 2.95 bits per heavy atom. The van der Waals surface area contributed by atoms with E-state index in [9.17, 15) is 9.59 Å². The highest BCUT2D eigenvalue weighted by molar-refractivity contribution is 6.31. The Bertz CT molecular complexity index is 548. The molecule has 1 fully saturated rings. The van der Waals surface area contributed by atoms with Crippen molar-refractivity contribution in [1.82, 2.24) is 4.90 Å². The van der Waals surface area contributed by atoms with E-state index in [4.69, 9.17) is 26.2 Å². The number of amides is 1. The topological polar surface area (TPSA) is 76.1 Å². The van der Waals surface area contributed by atoms with E-state index < -0.39 is 12.0 Å². The molecule has 0 spiro atoms. The fourth-order valence-corrected chi connectivity index (χ4v) is 2.16. The molecule has 1 saturated heterocycles. The minimum Gasteiger partial charge on any atom is -0.484 e. The molecule has 1 atom stereocenters. The van der Waals surface area contributed by atoms with Gasteiger partial charge in [0.05, 0.1) is 13.2 Å². The van der Waals surface area contributed by atoms with Crippen LogP contribution < -0.4 is 4.74 Å². The molecular weight excluding hydrogens is 298 g/mol. The van der Waals surface area contributed by atoms with Crippen molar-refractivity contribution < 1.29 is 24.2 Å². The van der Waals surface area contributed by atoms with Crippen LogP contribution in [0.5, 0.6) is 5.75 Å². The van der Waals surface area contributed by atoms with Gasteiger partial charge in [0.15, 0.2) is 12.6 Å². The van der Waals surface area contributed by atoms with E-state index in [2.05, 4.69) is 0 Å². The third-order valence-corrected chi connectivity index (χ3v) is 3.65. The van der Waals surface area contributed by atoms with E-state index in [0.717, 1.165) is 5.56 Å². The van der Waals surface area contributed by atoms with Crippen molar-refractivity contribution in [1.29, 1.82) is 0 Å². The molecule has 1 aliphatic rings. The Labute approximate surface area is 127 Å². The van der Waals surface area contributed by atoms with Gasteiger partial charge in [-0.15, -0.1) is 0 Å². The lowest BCUT2D eigenvalue weighted by Gasteiger charge is -2.32. The Hall–Kier alpha value is -1.79. The molecule has 2 rings (SSSR count). The van der Waals surface area contributed by atoms with Crippen LogP contribution in [0.4, 0.5) is 0 Å². The summed E-state index contributed by atoms with van der Waals surface area (Å²) in [6, 6.07) is 4.12. The summed E-state index contributed by atoms with van der Waals surface area (Å²) in [5.41, 5.74) is 0.844. The molecule has 0 aliphatic carbocycles. The third-order valence-electron chi connectivity index (χ3n) is 3.23. The Balaban J connectivity index is 1.96. The minimum absolute atomic E-state index is 0.00112. The Morgan fingerprint density at radius 1 is 1.52 bits per heavy atom. The third kappa shape index (κ3) is 3.86. The first-order valence-corrected chi connectivity index (χ1v) is 6.86. The van der Waals surface area contributed by atoms with Crippen LogP contribution in [0.25, 0.3) is 0 Å². The summed E-state index contributed by atoms with van der Waals surface area (Å²) in [4.78, 5) is 24.5. The predicted molar refractivity (Wildman–Crippen MR) is 75.6 cm³/mol. The van der Waals surface area contributed by atoms with E-state index in [1.807, 2.05) is 6.92 Å². The van der Waals surface area contributed by atoms with Crippen LogP contribution in [0.1, 0.15) is 5.56 Å². The molecule has 0 saturated carbocycles. The van der Waals surface area contributed by atoms with Gasteiger partial charge in [0, 0.05) is 11.6 Å². The normalized spacial score (nSPS) is 18.4. The maximum absolute atomic E-state index is 12.1. The number of aryl methyl sites for hydroxylation is 1. The number of ether oxygens (including phenoxy) is 2. The van der Waals surface area contributed by atoms with Crippen molar-refractivity contribution in [2.75, 3.05) is 26.4 Å². The maximum atomic E-state index is 12.1. The second kappa shape index (κ2) is 6.78. The second-order valence-electron chi connectivity index (χ2n) is 4.72. The highest BCUT2D eigenvalue weighted by Crippen LogP contribution is 2.21. The molecule has 1 aromatic carbocycles. The van der Waals surface area contributed by atoms with Gasteiger partial charge in [0.2, 0.25) is 0 Å². The summed E-state index contributed by atoms with van der Waals surface area (Å²) in [5.74, 6) is -0.936. The number of carboxylic acid groups (broad SMARTS) is 1. The number of morpholine rings is 1. The molecule has 1 N–H and O–H groups in total. The van der Waals surface area contributed by atoms with Crippen molar-refractivity contribution >= 4 is 23.5 Å². The molecule has 1 aliphatic heterocycles. The summed E-state index contributed by atoms with van der Waals surface area (Å²) in [7, 11) is 0. The lowest BCUT2D eigenvalue weighted by molar-refractivity contribution is -0.159. The molecule has 1 amide bonds. The van der Waals surface area contributed by atoms with Crippen molar-refractivity contribution in [3.8, 4) is 5.75 Å². The van der Waals surface area contributed by atoms with Crippen molar-refractivity contribution in [2.45, 2.75) is 13.0 Å². The van der Waals surface area contributed by atoms with Crippen molar-refractivity contribution in [3.05, 3.63) is 28.8 Å². The number of carbonyl (C=O) groups excluding carboxylic acids is 1. The molecule has 7 heteroatoms. The number of aliphatic carboxylic acids is 1. The zero-order valence-electron chi connectivity index (χ0n) is 11.5. The SMILES string of the molecule is Cc1cc(OCC(=O)N2CCOC[C@H]2C(=O)O)ccc1Cl. The molecule has 0 unspecified atom stereocenters. The molecule has 0 aromatic heterocycles. The van der Waals surface area contributed by atoms with Gasteiger partial charge >= 0.3 is 5.97 Å². The maximum Gasteiger partial charge on any atom is 0.328 e. The van der Waals surface area contributed by atoms with E-state index in [0.29, 0.717) is 17.4 Å². The number of carbonyl (C=O) groups is 2. The zero-order chi connectivity index (χ0) is 15.4. The highest BCUT2D eigenvalue weighted by Gasteiger charge is 2.32. The minimum atomic E-state index is -1.08. The van der Waals surface area contributed by atoms with Crippen LogP contribution in [-0.2, 0) is 14.3 Å². The summed E-state index contributed by atoms with van der Waals surface area (Å²) in [5, 5.41) is 9.70. The van der Waals surface area contributed by atoms with Crippen LogP contribution >= 0.6 is 11.6 Å². The van der Waals surface area contributed by atoms with Gasteiger partial charge < -0.3 is 19.5 Å². The van der Waals surface area contributed by atoms with Gasteiger partial charge in [-0.1, -0.05) is 11.6 Å². The van der Waals surface area contributed by atoms with Gasteiger partial charge in [0.1, 0.15) is 5.75 Å². The second-order valence-corrected chi connectivity index (χ2v) is 5.12. The van der Waals surface area contributed by atoms with E-state index in [-0.39, 0.29) is 25.7 Å². The largest absolute Gasteiger partial charge is 0.484 e. The molecule has 21 heavy (non-hydrogen) atoms. The van der Waals surface area contributed by atoms with Crippen molar-refractivity contribution in [3.63, 3.8) is 0 Å². The fourth-order valence-electron chi connectivity index (χ4n) is 2.04. The number of rotatable bonds is 4. The number of carboxylic acids is 1. The first kappa shape index (κ1) is 15.6. The lowest BCUT2D eigenvalue weighted by atomic mass is 10.2. The Kier molecular flexibility index (Phi) is 5.03. The van der Waals surface area contributed by atoms with Crippen LogP contribution in [-0.4, -0.2) is 54.3 Å². The summed E-state index contributed by atoms with van der Waals surface area (Å²) >= 11 is 5.91. The Morgan fingerprint density at radius 2 is 2.29 bits per heavy atom. The molecule has 1 heterocycles. The summed E-state index contributed by atoms with van der Waals surface area (Å²) in [6.45, 7) is 2.19. The number of hydrogen-bond donors (Lipinski definition) is 1. The van der Waals surface area contributed by atoms with E-state index in [1.54, 1.807) is 18.2 Å². The average molecular weight is 314 g/mol. The van der Waals surface area contributed by atoms with Crippen molar-refractivity contribution in [2.24, 2.45) is 0 Å². The monoisotopic (exact) mass is 313 g/mol. The first-order chi connectivity index (χ1) is 9.99. The number of benzene rings is 1. The van der Waals surface area contributed by atoms with Crippen LogP contribution in [0.3, 0.4) is 0 Å². The predicted octanol–water partition coefficient (Wildman–Crippen LogP) is 1.34. The van der Waals surface area contributed by atoms with Crippen LogP contribution in [0.15, 0.2) is 18.2 Å². The molecule has 114 valence electrons. The van der Waals surface area contributed by atoms with Gasteiger partial charge in [-0.2, -0.15) is 0 Å². The highest BCUT2D eigenvalue weighted by atomic mass is 35.5. The fraction of sp³-hybridized carbons (Fsp3) is 0.429. The average Bonchev–Trinajstić information content (AvgIpc) is 2.48. The molecular formula is C14H16ClNO5. The molecule has 6 nitrogen and oxygen atoms in total. The van der Waals surface area contributed by atoms with Gasteiger partial charge in [-0.05, 0) is 30.7 Å². The van der Waals surface area contributed by atoms with Crippen LogP contribution in [0, 0.1) is 6.92 Å². The van der Waals surface area contributed by atoms with Gasteiger partial charge in [-0.3, -0.25) is 4.79 Å².